The summed E-state index contributed by atoms with van der Waals surface area (Å²) in [6.07, 6.45) is 81.4. The molecule has 0 spiro atoms. The summed E-state index contributed by atoms with van der Waals surface area (Å²) in [6, 6.07) is 0. The molecule has 0 radical (unpaired) electrons. The van der Waals surface area contributed by atoms with Crippen molar-refractivity contribution in [2.75, 3.05) is 47.5 Å². The van der Waals surface area contributed by atoms with Crippen molar-refractivity contribution in [3.8, 4) is 0 Å². The normalized spacial score (nSPS) is 13.6. The molecule has 1 N–H and O–H groups in total. The van der Waals surface area contributed by atoms with Crippen LogP contribution < -0.4 is 0 Å². The first-order valence-corrected chi connectivity index (χ1v) is 31.7. The number of unbranched alkanes of at least 4 members (excludes halogenated alkanes) is 22. The van der Waals surface area contributed by atoms with E-state index in [9.17, 15) is 19.5 Å². The number of esters is 2. The monoisotopic (exact) mass is 1100 g/mol. The van der Waals surface area contributed by atoms with Crippen LogP contribution in [0.1, 0.15) is 245 Å². The fraction of sp³-hybridized carbons (Fsp3) is 0.671. The number of aliphatic carboxylic acids is 1. The summed E-state index contributed by atoms with van der Waals surface area (Å²) < 4.78 is 22.9. The minimum absolute atomic E-state index is 0.175. The van der Waals surface area contributed by atoms with Crippen LogP contribution in [0.4, 0.5) is 0 Å². The average molecular weight is 1100 g/mol. The van der Waals surface area contributed by atoms with Gasteiger partial charge < -0.3 is 28.5 Å². The van der Waals surface area contributed by atoms with Crippen LogP contribution in [0.5, 0.6) is 0 Å². The summed E-state index contributed by atoms with van der Waals surface area (Å²) in [5.74, 6) is -2.06. The molecule has 0 aliphatic carbocycles. The van der Waals surface area contributed by atoms with Gasteiger partial charge in [-0.1, -0.05) is 245 Å². The van der Waals surface area contributed by atoms with E-state index in [1.807, 2.05) is 21.1 Å². The highest BCUT2D eigenvalue weighted by Crippen LogP contribution is 2.15. The van der Waals surface area contributed by atoms with Gasteiger partial charge in [0.2, 0.25) is 0 Å². The minimum Gasteiger partial charge on any atom is -0.477 e. The lowest BCUT2D eigenvalue weighted by atomic mass is 10.0. The van der Waals surface area contributed by atoms with Crippen LogP contribution >= 0.6 is 0 Å². The molecule has 0 aromatic rings. The van der Waals surface area contributed by atoms with E-state index in [1.165, 1.54) is 116 Å². The molecular formula is C70H118NO8+. The number of likely N-dealkylation sites (N-methyl/N-ethyl adjacent to an activating group) is 1. The predicted molar refractivity (Wildman–Crippen MR) is 336 cm³/mol. The third-order valence-corrected chi connectivity index (χ3v) is 13.2. The first kappa shape index (κ1) is 74.7. The van der Waals surface area contributed by atoms with E-state index in [-0.39, 0.29) is 38.6 Å². The Kier molecular flexibility index (Phi) is 56.5. The second kappa shape index (κ2) is 59.8. The highest BCUT2D eigenvalue weighted by molar-refractivity contribution is 5.71. The summed E-state index contributed by atoms with van der Waals surface area (Å²) >= 11 is 0. The van der Waals surface area contributed by atoms with Crippen LogP contribution in [-0.4, -0.2) is 87.4 Å². The van der Waals surface area contributed by atoms with Crippen molar-refractivity contribution < 1.29 is 42.9 Å². The lowest BCUT2D eigenvalue weighted by Crippen LogP contribution is -2.40. The molecule has 0 rings (SSSR count). The molecule has 0 amide bonds. The fourth-order valence-electron chi connectivity index (χ4n) is 8.35. The third kappa shape index (κ3) is 61.2. The van der Waals surface area contributed by atoms with Gasteiger partial charge in [0, 0.05) is 12.8 Å². The van der Waals surface area contributed by atoms with Gasteiger partial charge in [0.25, 0.3) is 6.29 Å². The van der Waals surface area contributed by atoms with Gasteiger partial charge in [0.05, 0.1) is 34.4 Å². The van der Waals surface area contributed by atoms with Gasteiger partial charge in [0.15, 0.2) is 6.10 Å². The highest BCUT2D eigenvalue weighted by atomic mass is 16.7. The second-order valence-corrected chi connectivity index (χ2v) is 22.0. The number of carbonyl (C=O) groups excluding carboxylic acids is 2. The van der Waals surface area contributed by atoms with E-state index >= 15 is 0 Å². The van der Waals surface area contributed by atoms with Crippen LogP contribution in [0.25, 0.3) is 0 Å². The standard InChI is InChI=1S/C70H117NO8/c1-6-8-10-12-14-16-18-20-22-24-26-28-30-31-32-33-34-35-36-37-39-41-43-45-47-49-51-53-55-57-59-61-68(73)79-66(65-78-70(69(74)75)76-63-62-71(3,4)5)64-77-67(72)60-58-56-54-52-50-48-46-44-42-40-38-29-27-25-23-21-19-17-15-13-11-9-7-2/h8,10,14,16,20,22,25-28,31-32,34-35,37,39,43,45,49,51,66,70H,6-7,9,11-13,15,17-19,21,23-24,29-30,33,36,38,40-42,44,46-48,50,52-65H2,1-5H3/p+1/b10-8-,16-14-,22-20-,27-25-,28-26-,32-31-,35-34-,39-37-,45-43-,51-49-. The van der Waals surface area contributed by atoms with Crippen molar-refractivity contribution in [1.29, 1.82) is 0 Å². The van der Waals surface area contributed by atoms with Crippen molar-refractivity contribution in [3.63, 3.8) is 0 Å². The molecule has 0 saturated heterocycles. The number of carboxylic acid groups (broad SMARTS) is 1. The predicted octanol–water partition coefficient (Wildman–Crippen LogP) is 19.2. The number of carbonyl (C=O) groups is 3. The largest absolute Gasteiger partial charge is 0.477 e. The zero-order valence-corrected chi connectivity index (χ0v) is 51.2. The number of carboxylic acids is 1. The molecule has 2 atom stereocenters. The van der Waals surface area contributed by atoms with Crippen molar-refractivity contribution in [2.45, 2.75) is 257 Å². The van der Waals surface area contributed by atoms with Crippen molar-refractivity contribution in [1.82, 2.24) is 0 Å². The van der Waals surface area contributed by atoms with Gasteiger partial charge in [-0.05, 0) is 109 Å². The third-order valence-electron chi connectivity index (χ3n) is 13.2. The van der Waals surface area contributed by atoms with Gasteiger partial charge >= 0.3 is 17.9 Å². The minimum atomic E-state index is -1.53. The molecule has 9 heteroatoms. The molecule has 0 aliphatic heterocycles. The van der Waals surface area contributed by atoms with Crippen molar-refractivity contribution in [3.05, 3.63) is 122 Å². The van der Waals surface area contributed by atoms with Crippen LogP contribution in [0.2, 0.25) is 0 Å². The molecule has 0 aromatic heterocycles. The number of allylic oxidation sites excluding steroid dienone is 20. The van der Waals surface area contributed by atoms with Crippen LogP contribution in [0, 0.1) is 0 Å². The van der Waals surface area contributed by atoms with E-state index in [4.69, 9.17) is 18.9 Å². The fourth-order valence-corrected chi connectivity index (χ4v) is 8.35. The van der Waals surface area contributed by atoms with Gasteiger partial charge in [-0.2, -0.15) is 0 Å². The Balaban J connectivity index is 4.31. The first-order valence-electron chi connectivity index (χ1n) is 31.7. The molecule has 0 aliphatic rings. The van der Waals surface area contributed by atoms with E-state index in [2.05, 4.69) is 135 Å². The summed E-state index contributed by atoms with van der Waals surface area (Å²) in [5.41, 5.74) is 0. The molecular weight excluding hydrogens is 983 g/mol. The second-order valence-electron chi connectivity index (χ2n) is 22.0. The van der Waals surface area contributed by atoms with E-state index in [0.717, 1.165) is 96.3 Å². The number of hydrogen-bond donors (Lipinski definition) is 1. The molecule has 9 nitrogen and oxygen atoms in total. The quantitative estimate of drug-likeness (QED) is 0.0211. The SMILES string of the molecule is CC/C=C\C/C=C\C/C=C\C/C=C\C/C=C\C/C=C\C/C=C\C/C=C\C/C=C\CCCCCC(=O)OC(COC(=O)CCCCCCCCCCCCC/C=C\CCCCCCCCCC)COC(OCC[N+](C)(C)C)C(=O)O. The van der Waals surface area contributed by atoms with E-state index in [0.29, 0.717) is 17.4 Å². The maximum absolute atomic E-state index is 12.9. The molecule has 0 heterocycles. The highest BCUT2D eigenvalue weighted by Gasteiger charge is 2.25. The maximum atomic E-state index is 12.9. The summed E-state index contributed by atoms with van der Waals surface area (Å²) in [6.45, 7) is 4.72. The molecule has 2 unspecified atom stereocenters. The molecule has 0 fully saturated rings. The number of rotatable bonds is 57. The van der Waals surface area contributed by atoms with Gasteiger partial charge in [-0.3, -0.25) is 9.59 Å². The molecule has 0 bridgehead atoms. The molecule has 450 valence electrons. The van der Waals surface area contributed by atoms with Gasteiger partial charge in [-0.15, -0.1) is 0 Å². The van der Waals surface area contributed by atoms with Crippen LogP contribution in [0.3, 0.4) is 0 Å². The Morgan fingerprint density at radius 3 is 1.10 bits per heavy atom. The lowest BCUT2D eigenvalue weighted by molar-refractivity contribution is -0.870. The lowest BCUT2D eigenvalue weighted by Gasteiger charge is -2.25. The Labute approximate surface area is 485 Å². The van der Waals surface area contributed by atoms with E-state index < -0.39 is 24.3 Å². The topological polar surface area (TPSA) is 108 Å². The number of hydrogen-bond acceptors (Lipinski definition) is 7. The van der Waals surface area contributed by atoms with Crippen molar-refractivity contribution >= 4 is 17.9 Å². The zero-order chi connectivity index (χ0) is 57.6. The van der Waals surface area contributed by atoms with E-state index in [1.54, 1.807) is 0 Å². The Hall–Kier alpha value is -4.31. The van der Waals surface area contributed by atoms with Gasteiger partial charge in [-0.25, -0.2) is 4.79 Å². The average Bonchev–Trinajstić information content (AvgIpc) is 3.42. The van der Waals surface area contributed by atoms with Crippen LogP contribution in [0.15, 0.2) is 122 Å². The first-order chi connectivity index (χ1) is 38.6. The summed E-state index contributed by atoms with van der Waals surface area (Å²) in [7, 11) is 5.95. The van der Waals surface area contributed by atoms with Crippen LogP contribution in [-0.2, 0) is 33.3 Å². The molecule has 0 saturated carbocycles. The number of nitrogens with zero attached hydrogens (tertiary/aromatic N) is 1. The zero-order valence-electron chi connectivity index (χ0n) is 51.2. The summed E-state index contributed by atoms with van der Waals surface area (Å²) in [5, 5.41) is 9.72. The smallest absolute Gasteiger partial charge is 0.361 e. The van der Waals surface area contributed by atoms with Crippen molar-refractivity contribution in [2.24, 2.45) is 0 Å². The number of quaternary nitrogens is 1. The van der Waals surface area contributed by atoms with Gasteiger partial charge in [0.1, 0.15) is 13.2 Å². The molecule has 79 heavy (non-hydrogen) atoms. The Bertz CT molecular complexity index is 1710. The Morgan fingerprint density at radius 2 is 0.722 bits per heavy atom. The Morgan fingerprint density at radius 1 is 0.392 bits per heavy atom. The molecule has 0 aromatic carbocycles. The maximum Gasteiger partial charge on any atom is 0.361 e. The number of ether oxygens (including phenoxy) is 4. The summed E-state index contributed by atoms with van der Waals surface area (Å²) in [4.78, 5) is 37.5.